The minimum absolute atomic E-state index is 0. The highest BCUT2D eigenvalue weighted by atomic mass is 35.5. The average Bonchev–Trinajstić information content (AvgIpc) is 3.44. The van der Waals surface area contributed by atoms with Crippen LogP contribution in [0.1, 0.15) is 50.5 Å². The molecule has 0 spiro atoms. The van der Waals surface area contributed by atoms with Gasteiger partial charge in [0.1, 0.15) is 5.75 Å². The summed E-state index contributed by atoms with van der Waals surface area (Å²) in [5.74, 6) is 2.55. The Morgan fingerprint density at radius 2 is 1.73 bits per heavy atom. The van der Waals surface area contributed by atoms with Crippen LogP contribution >= 0.6 is 12.4 Å². The highest BCUT2D eigenvalue weighted by molar-refractivity contribution is 5.85. The fraction of sp³-hybridized carbons (Fsp3) is 0.667. The first-order valence-electron chi connectivity index (χ1n) is 9.84. The van der Waals surface area contributed by atoms with Gasteiger partial charge in [-0.2, -0.15) is 0 Å². The highest BCUT2D eigenvalue weighted by Crippen LogP contribution is 2.43. The van der Waals surface area contributed by atoms with E-state index in [-0.39, 0.29) is 18.3 Å². The highest BCUT2D eigenvalue weighted by Gasteiger charge is 2.43. The molecule has 2 unspecified atom stereocenters. The summed E-state index contributed by atoms with van der Waals surface area (Å²) in [6, 6.07) is 8.89. The van der Waals surface area contributed by atoms with Crippen LogP contribution in [0.15, 0.2) is 24.3 Å². The van der Waals surface area contributed by atoms with E-state index in [1.807, 2.05) is 12.1 Å². The minimum atomic E-state index is 0. The first-order chi connectivity index (χ1) is 12.2. The maximum Gasteiger partial charge on any atom is 0.226 e. The zero-order chi connectivity index (χ0) is 17.4. The number of amides is 1. The lowest BCUT2D eigenvalue weighted by atomic mass is 9.65. The quantitative estimate of drug-likeness (QED) is 0.848. The smallest absolute Gasteiger partial charge is 0.226 e. The van der Waals surface area contributed by atoms with Gasteiger partial charge in [-0.1, -0.05) is 18.6 Å². The second-order valence-corrected chi connectivity index (χ2v) is 8.24. The summed E-state index contributed by atoms with van der Waals surface area (Å²) in [5.41, 5.74) is 7.60. The molecule has 2 N–H and O–H groups in total. The number of carbonyl (C=O) groups is 1. The molecule has 0 heterocycles. The second-order valence-electron chi connectivity index (χ2n) is 8.24. The molecule has 3 fully saturated rings. The number of ether oxygens (including phenoxy) is 1. The Kier molecular flexibility index (Phi) is 6.13. The molecule has 1 aromatic rings. The SMILES string of the molecule is COc1ccc(CN(C(=O)C2CC3CCCC(C2)C3N)C2CC2)cc1.Cl. The van der Waals surface area contributed by atoms with E-state index in [0.717, 1.165) is 38.0 Å². The number of nitrogens with two attached hydrogens (primary N) is 1. The molecule has 4 nitrogen and oxygen atoms in total. The van der Waals surface area contributed by atoms with Crippen molar-refractivity contribution in [3.8, 4) is 5.75 Å². The number of rotatable bonds is 5. The van der Waals surface area contributed by atoms with Crippen LogP contribution in [-0.4, -0.2) is 30.0 Å². The number of nitrogens with zero attached hydrogens (tertiary/aromatic N) is 1. The lowest BCUT2D eigenvalue weighted by Crippen LogP contribution is -2.50. The van der Waals surface area contributed by atoms with Gasteiger partial charge in [0, 0.05) is 24.5 Å². The van der Waals surface area contributed by atoms with Crippen LogP contribution in [-0.2, 0) is 11.3 Å². The summed E-state index contributed by atoms with van der Waals surface area (Å²) in [4.78, 5) is 15.5. The Morgan fingerprint density at radius 1 is 1.12 bits per heavy atom. The lowest BCUT2D eigenvalue weighted by Gasteiger charge is -2.44. The maximum absolute atomic E-state index is 13.3. The Hall–Kier alpha value is -1.26. The van der Waals surface area contributed by atoms with Crippen molar-refractivity contribution in [3.05, 3.63) is 29.8 Å². The van der Waals surface area contributed by atoms with Gasteiger partial charge in [0.15, 0.2) is 0 Å². The molecule has 0 saturated heterocycles. The van der Waals surface area contributed by atoms with Crippen molar-refractivity contribution in [1.29, 1.82) is 0 Å². The molecule has 144 valence electrons. The summed E-state index contributed by atoms with van der Waals surface area (Å²) in [6.07, 6.45) is 8.03. The standard InChI is InChI=1S/C21H30N2O2.ClH/c1-25-19-9-5-14(6-10-19)13-23(18-7-8-18)21(24)17-11-15-3-2-4-16(12-17)20(15)22;/h5-6,9-10,15-18,20H,2-4,7-8,11-13,22H2,1H3;1H. The third-order valence-corrected chi connectivity index (χ3v) is 6.54. The van der Waals surface area contributed by atoms with Crippen LogP contribution in [0.2, 0.25) is 0 Å². The number of fused-ring (bicyclic) bond motifs is 2. The van der Waals surface area contributed by atoms with Crippen molar-refractivity contribution >= 4 is 18.3 Å². The molecule has 5 heteroatoms. The topological polar surface area (TPSA) is 55.6 Å². The van der Waals surface area contributed by atoms with Gasteiger partial charge in [-0.25, -0.2) is 0 Å². The van der Waals surface area contributed by atoms with E-state index in [1.54, 1.807) is 7.11 Å². The zero-order valence-electron chi connectivity index (χ0n) is 15.6. The normalized spacial score (nSPS) is 30.2. The largest absolute Gasteiger partial charge is 0.497 e. The van der Waals surface area contributed by atoms with Gasteiger partial charge in [0.05, 0.1) is 7.11 Å². The van der Waals surface area contributed by atoms with E-state index in [4.69, 9.17) is 10.5 Å². The Labute approximate surface area is 162 Å². The van der Waals surface area contributed by atoms with Crippen LogP contribution in [0.4, 0.5) is 0 Å². The fourth-order valence-electron chi connectivity index (χ4n) is 4.93. The molecule has 2 bridgehead atoms. The number of methoxy groups -OCH3 is 1. The summed E-state index contributed by atoms with van der Waals surface area (Å²) < 4.78 is 5.24. The van der Waals surface area contributed by atoms with Crippen molar-refractivity contribution in [3.63, 3.8) is 0 Å². The molecule has 3 saturated carbocycles. The number of carbonyl (C=O) groups excluding carboxylic acids is 1. The van der Waals surface area contributed by atoms with Crippen LogP contribution < -0.4 is 10.5 Å². The number of hydrogen-bond acceptors (Lipinski definition) is 3. The molecule has 0 radical (unpaired) electrons. The van der Waals surface area contributed by atoms with Crippen LogP contribution in [0.25, 0.3) is 0 Å². The molecule has 3 aliphatic carbocycles. The zero-order valence-corrected chi connectivity index (χ0v) is 16.4. The van der Waals surface area contributed by atoms with Crippen LogP contribution in [0.5, 0.6) is 5.75 Å². The monoisotopic (exact) mass is 378 g/mol. The van der Waals surface area contributed by atoms with E-state index < -0.39 is 0 Å². The Bertz CT molecular complexity index is 603. The Balaban J connectivity index is 0.00000196. The maximum atomic E-state index is 13.3. The van der Waals surface area contributed by atoms with Gasteiger partial charge >= 0.3 is 0 Å². The van der Waals surface area contributed by atoms with E-state index >= 15 is 0 Å². The molecule has 1 amide bonds. The molecule has 0 aliphatic heterocycles. The molecule has 26 heavy (non-hydrogen) atoms. The third kappa shape index (κ3) is 4.01. The van der Waals surface area contributed by atoms with Gasteiger partial charge in [-0.15, -0.1) is 12.4 Å². The van der Waals surface area contributed by atoms with Crippen molar-refractivity contribution in [1.82, 2.24) is 4.90 Å². The molecule has 3 aliphatic rings. The summed E-state index contributed by atoms with van der Waals surface area (Å²) in [6.45, 7) is 0.728. The second kappa shape index (κ2) is 8.18. The van der Waals surface area contributed by atoms with Gasteiger partial charge < -0.3 is 15.4 Å². The fourth-order valence-corrected chi connectivity index (χ4v) is 4.93. The van der Waals surface area contributed by atoms with Crippen molar-refractivity contribution < 1.29 is 9.53 Å². The van der Waals surface area contributed by atoms with Crippen molar-refractivity contribution in [2.45, 2.75) is 63.6 Å². The van der Waals surface area contributed by atoms with Crippen LogP contribution in [0.3, 0.4) is 0 Å². The predicted molar refractivity (Wildman–Crippen MR) is 105 cm³/mol. The summed E-state index contributed by atoms with van der Waals surface area (Å²) in [5, 5.41) is 0. The Morgan fingerprint density at radius 3 is 2.27 bits per heavy atom. The predicted octanol–water partition coefficient (Wildman–Crippen LogP) is 3.76. The van der Waals surface area contributed by atoms with Gasteiger partial charge in [-0.05, 0) is 68.1 Å². The van der Waals surface area contributed by atoms with E-state index in [9.17, 15) is 4.79 Å². The first kappa shape index (κ1) is 19.5. The van der Waals surface area contributed by atoms with Gasteiger partial charge in [-0.3, -0.25) is 4.79 Å². The molecular weight excluding hydrogens is 348 g/mol. The number of halogens is 1. The van der Waals surface area contributed by atoms with Gasteiger partial charge in [0.2, 0.25) is 5.91 Å². The molecule has 4 rings (SSSR count). The average molecular weight is 379 g/mol. The van der Waals surface area contributed by atoms with Crippen molar-refractivity contribution in [2.24, 2.45) is 23.5 Å². The third-order valence-electron chi connectivity index (χ3n) is 6.54. The molecule has 2 atom stereocenters. The molecule has 1 aromatic carbocycles. The minimum Gasteiger partial charge on any atom is -0.497 e. The molecule has 0 aromatic heterocycles. The van der Waals surface area contributed by atoms with Gasteiger partial charge in [0.25, 0.3) is 0 Å². The van der Waals surface area contributed by atoms with E-state index in [1.165, 1.54) is 24.8 Å². The van der Waals surface area contributed by atoms with Crippen molar-refractivity contribution in [2.75, 3.05) is 7.11 Å². The molecular formula is C21H31ClN2O2. The van der Waals surface area contributed by atoms with E-state index in [2.05, 4.69) is 17.0 Å². The lowest BCUT2D eigenvalue weighted by molar-refractivity contribution is -0.140. The number of benzene rings is 1. The van der Waals surface area contributed by atoms with E-state index in [0.29, 0.717) is 29.8 Å². The number of hydrogen-bond donors (Lipinski definition) is 1. The first-order valence-corrected chi connectivity index (χ1v) is 9.84. The summed E-state index contributed by atoms with van der Waals surface area (Å²) in [7, 11) is 1.68. The van der Waals surface area contributed by atoms with Crippen LogP contribution in [0, 0.1) is 17.8 Å². The summed E-state index contributed by atoms with van der Waals surface area (Å²) >= 11 is 0.